The number of aromatic nitrogens is 2. The van der Waals surface area contributed by atoms with Gasteiger partial charge in [0.05, 0.1) is 16.6 Å². The lowest BCUT2D eigenvalue weighted by molar-refractivity contribution is 1.11. The van der Waals surface area contributed by atoms with Gasteiger partial charge < -0.3 is 20.6 Å². The van der Waals surface area contributed by atoms with Crippen LogP contribution in [0.3, 0.4) is 0 Å². The fourth-order valence-corrected chi connectivity index (χ4v) is 7.48. The third kappa shape index (κ3) is 11.6. The minimum atomic E-state index is 0.886. The van der Waals surface area contributed by atoms with Crippen molar-refractivity contribution in [3.63, 3.8) is 0 Å². The predicted octanol–water partition coefficient (Wildman–Crippen LogP) is 15.4. The average molecular weight is 835 g/mol. The van der Waals surface area contributed by atoms with E-state index >= 15 is 0 Å². The lowest BCUT2D eigenvalue weighted by atomic mass is 10.0. The van der Waals surface area contributed by atoms with Gasteiger partial charge in [-0.05, 0) is 134 Å². The highest BCUT2D eigenvalue weighted by atomic mass is 15.0. The normalized spacial score (nSPS) is 11.5. The number of benzene rings is 6. The van der Waals surface area contributed by atoms with Crippen molar-refractivity contribution in [1.82, 2.24) is 9.13 Å². The Morgan fingerprint density at radius 3 is 1.75 bits per heavy atom. The summed E-state index contributed by atoms with van der Waals surface area (Å²) in [6, 6.07) is 59.4. The van der Waals surface area contributed by atoms with Gasteiger partial charge in [0.15, 0.2) is 0 Å². The molecule has 0 amide bonds. The number of aryl methyl sites for hydroxylation is 1. The minimum absolute atomic E-state index is 0.886. The van der Waals surface area contributed by atoms with Crippen molar-refractivity contribution in [2.24, 2.45) is 11.5 Å². The number of allylic oxidation sites excluding steroid dienone is 11. The highest BCUT2D eigenvalue weighted by Gasteiger charge is 2.13. The monoisotopic (exact) mass is 834 g/mol. The number of hydrogen-bond donors (Lipinski definition) is 2. The van der Waals surface area contributed by atoms with Gasteiger partial charge in [-0.3, -0.25) is 0 Å². The van der Waals surface area contributed by atoms with Crippen molar-refractivity contribution in [2.75, 3.05) is 0 Å². The van der Waals surface area contributed by atoms with Gasteiger partial charge in [-0.1, -0.05) is 177 Å². The van der Waals surface area contributed by atoms with Gasteiger partial charge in [0, 0.05) is 33.7 Å². The second-order valence-electron chi connectivity index (χ2n) is 14.9. The van der Waals surface area contributed by atoms with Crippen molar-refractivity contribution < 1.29 is 0 Å². The quantitative estimate of drug-likeness (QED) is 0.135. The second-order valence-corrected chi connectivity index (χ2v) is 14.9. The van der Waals surface area contributed by atoms with E-state index in [1.807, 2.05) is 50.3 Å². The van der Waals surface area contributed by atoms with Gasteiger partial charge in [-0.2, -0.15) is 0 Å². The van der Waals surface area contributed by atoms with Crippen LogP contribution >= 0.6 is 0 Å². The van der Waals surface area contributed by atoms with Gasteiger partial charge in [0.2, 0.25) is 0 Å². The molecule has 0 spiro atoms. The Kier molecular flexibility index (Phi) is 16.9. The van der Waals surface area contributed by atoms with Gasteiger partial charge in [-0.15, -0.1) is 0 Å². The highest BCUT2D eigenvalue weighted by molar-refractivity contribution is 6.10. The van der Waals surface area contributed by atoms with E-state index in [1.54, 1.807) is 18.2 Å². The third-order valence-electron chi connectivity index (χ3n) is 10.6. The van der Waals surface area contributed by atoms with Crippen LogP contribution in [-0.2, 0) is 6.42 Å². The molecular weight excluding hydrogens is 777 g/mol. The van der Waals surface area contributed by atoms with Gasteiger partial charge in [0.1, 0.15) is 0 Å². The smallest absolute Gasteiger partial charge is 0.0541 e. The van der Waals surface area contributed by atoms with E-state index in [0.29, 0.717) is 0 Å². The maximum absolute atomic E-state index is 5.05. The Balaban J connectivity index is 0.000000502. The molecule has 0 saturated heterocycles. The van der Waals surface area contributed by atoms with E-state index < -0.39 is 0 Å². The molecule has 318 valence electrons. The summed E-state index contributed by atoms with van der Waals surface area (Å²) >= 11 is 0. The molecule has 4 heteroatoms. The maximum Gasteiger partial charge on any atom is 0.0541 e. The van der Waals surface area contributed by atoms with Gasteiger partial charge >= 0.3 is 0 Å². The molecule has 0 aliphatic heterocycles. The number of nitrogens with two attached hydrogens (primary N) is 2. The van der Waals surface area contributed by atoms with Crippen LogP contribution in [0.2, 0.25) is 0 Å². The number of hydrogen-bond acceptors (Lipinski definition) is 2. The molecule has 0 aliphatic carbocycles. The molecular formula is C60H58N4. The van der Waals surface area contributed by atoms with E-state index in [4.69, 9.17) is 11.5 Å². The first-order chi connectivity index (χ1) is 31.5. The molecule has 64 heavy (non-hydrogen) atoms. The van der Waals surface area contributed by atoms with E-state index in [2.05, 4.69) is 205 Å². The molecule has 2 heterocycles. The van der Waals surface area contributed by atoms with E-state index in [9.17, 15) is 0 Å². The first-order valence-corrected chi connectivity index (χ1v) is 21.7. The van der Waals surface area contributed by atoms with Crippen molar-refractivity contribution in [1.29, 1.82) is 0 Å². The lowest BCUT2D eigenvalue weighted by Crippen LogP contribution is -1.95. The van der Waals surface area contributed by atoms with Gasteiger partial charge in [0.25, 0.3) is 0 Å². The van der Waals surface area contributed by atoms with Crippen LogP contribution in [0, 0.1) is 6.92 Å². The topological polar surface area (TPSA) is 61.9 Å². The van der Waals surface area contributed by atoms with Crippen LogP contribution in [0.1, 0.15) is 25.0 Å². The molecule has 0 aliphatic rings. The van der Waals surface area contributed by atoms with Crippen molar-refractivity contribution in [2.45, 2.75) is 27.2 Å². The molecule has 0 bridgehead atoms. The standard InChI is InChI=1S/C50H40N2.C7H11N.C3H7N/c1-3-4-5-6-8-16-38-24-29-44(30-25-38)52-49-23-14-12-21-46(49)47-36-42(28-33-50(47)52)41-19-15-34-51(48-22-13-11-20-45(48)37(2)35-41)43-31-26-40(27-32-43)39-17-9-7-10-18-39;1-2-3-4-5-6-7-8;1-2-3-4/h3-15,17-36H,1,16H2,2H3;2-7H,8H2,1H3;2-3H,4H2,1H3/b5-4+,8-6+,34-15?,37-35?,41-19?;3-2+,5-4-,7-6-;3-2-. The zero-order chi connectivity index (χ0) is 44.9. The molecule has 0 fully saturated rings. The zero-order valence-electron chi connectivity index (χ0n) is 37.1. The summed E-state index contributed by atoms with van der Waals surface area (Å²) in [7, 11) is 0. The summed E-state index contributed by atoms with van der Waals surface area (Å²) in [4.78, 5) is 0. The fraction of sp³-hybridized carbons (Fsp3) is 0.0667. The number of rotatable bonds is 10. The highest BCUT2D eigenvalue weighted by Crippen LogP contribution is 2.35. The second kappa shape index (κ2) is 23.8. The molecule has 6 aromatic carbocycles. The van der Waals surface area contributed by atoms with Crippen molar-refractivity contribution in [3.8, 4) is 33.6 Å². The first-order valence-electron chi connectivity index (χ1n) is 21.7. The Labute approximate surface area is 379 Å². The van der Waals surface area contributed by atoms with Gasteiger partial charge in [-0.25, -0.2) is 0 Å². The molecule has 4 N–H and O–H groups in total. The number of fused-ring (bicyclic) bond motifs is 4. The summed E-state index contributed by atoms with van der Waals surface area (Å²) in [5.74, 6) is 0. The SMILES string of the molecule is C/C=C/C=C\C=C/N.C/C=C\N.C=C/C=C/C=C/Cc1ccc(-n2c3ccccc3c3cc(-c4cccn(-c5ccc(-c6ccccc6)cc5)c5ccccc5c(C)c4)ccc32)cc1. The molecule has 0 unspecified atom stereocenters. The first kappa shape index (κ1) is 45.4. The molecule has 8 aromatic rings. The Morgan fingerprint density at radius 1 is 0.469 bits per heavy atom. The molecule has 2 aromatic heterocycles. The fourth-order valence-electron chi connectivity index (χ4n) is 7.48. The molecule has 0 radical (unpaired) electrons. The number of para-hydroxylation sites is 2. The van der Waals surface area contributed by atoms with Crippen LogP contribution < -0.4 is 11.5 Å². The molecule has 0 atom stereocenters. The third-order valence-corrected chi connectivity index (χ3v) is 10.6. The Hall–Kier alpha value is -8.08. The summed E-state index contributed by atoms with van der Waals surface area (Å²) in [6.45, 7) is 9.79. The average Bonchev–Trinajstić information content (AvgIpc) is 3.71. The van der Waals surface area contributed by atoms with Crippen LogP contribution in [0.4, 0.5) is 0 Å². The minimum Gasteiger partial charge on any atom is -0.405 e. The lowest BCUT2D eigenvalue weighted by Gasteiger charge is -2.11. The molecule has 0 saturated carbocycles. The maximum atomic E-state index is 5.05. The largest absolute Gasteiger partial charge is 0.405 e. The van der Waals surface area contributed by atoms with Crippen LogP contribution in [0.15, 0.2) is 256 Å². The van der Waals surface area contributed by atoms with Crippen LogP contribution in [-0.4, -0.2) is 9.13 Å². The van der Waals surface area contributed by atoms with Crippen LogP contribution in [0.25, 0.3) is 66.3 Å². The van der Waals surface area contributed by atoms with Crippen molar-refractivity contribution in [3.05, 3.63) is 267 Å². The zero-order valence-corrected chi connectivity index (χ0v) is 37.1. The van der Waals surface area contributed by atoms with E-state index in [0.717, 1.165) is 23.3 Å². The summed E-state index contributed by atoms with van der Waals surface area (Å²) < 4.78 is 4.68. The molecule has 8 rings (SSSR count). The van der Waals surface area contributed by atoms with E-state index in [-0.39, 0.29) is 0 Å². The summed E-state index contributed by atoms with van der Waals surface area (Å²) in [5.41, 5.74) is 23.0. The van der Waals surface area contributed by atoms with E-state index in [1.165, 1.54) is 73.0 Å². The van der Waals surface area contributed by atoms with Crippen LogP contribution in [0.5, 0.6) is 0 Å². The summed E-state index contributed by atoms with van der Waals surface area (Å²) in [5, 5.41) is 3.69. The Bertz CT molecular complexity index is 2990. The Morgan fingerprint density at radius 2 is 1.05 bits per heavy atom. The number of nitrogens with zero attached hydrogens (tertiary/aromatic N) is 2. The van der Waals surface area contributed by atoms with Crippen molar-refractivity contribution >= 4 is 32.7 Å². The summed E-state index contributed by atoms with van der Waals surface area (Å²) in [6.07, 6.45) is 27.3. The predicted molar refractivity (Wildman–Crippen MR) is 279 cm³/mol. The molecule has 4 nitrogen and oxygen atoms in total.